The number of aliphatic hydroxyl groups is 1. The second-order valence-electron chi connectivity index (χ2n) is 8.57. The molecule has 9 heteroatoms. The number of benzene rings is 1. The van der Waals surface area contributed by atoms with Gasteiger partial charge in [0, 0.05) is 49.8 Å². The maximum Gasteiger partial charge on any atom is 0.415 e. The van der Waals surface area contributed by atoms with E-state index in [1.807, 2.05) is 27.7 Å². The number of ketones is 1. The molecule has 1 N–H and O–H groups in total. The summed E-state index contributed by atoms with van der Waals surface area (Å²) < 4.78 is 16.7. The van der Waals surface area contributed by atoms with Gasteiger partial charge in [0.25, 0.3) is 0 Å². The number of ether oxygens (including phenoxy) is 3. The fourth-order valence-electron chi connectivity index (χ4n) is 4.61. The van der Waals surface area contributed by atoms with E-state index in [1.54, 1.807) is 23.1 Å². The third kappa shape index (κ3) is 4.43. The van der Waals surface area contributed by atoms with Crippen molar-refractivity contribution >= 4 is 23.5 Å². The Balaban J connectivity index is 1.69. The summed E-state index contributed by atoms with van der Waals surface area (Å²) in [5, 5.41) is 11.4. The van der Waals surface area contributed by atoms with Gasteiger partial charge in [-0.05, 0) is 63.1 Å². The lowest BCUT2D eigenvalue weighted by atomic mass is 9.87. The summed E-state index contributed by atoms with van der Waals surface area (Å²) in [6.45, 7) is 9.34. The number of hydrogen-bond donors (Lipinski definition) is 1. The molecule has 1 unspecified atom stereocenters. The number of amides is 2. The number of carbonyl (C=O) groups is 3. The van der Waals surface area contributed by atoms with Crippen LogP contribution in [0.1, 0.15) is 39.7 Å². The van der Waals surface area contributed by atoms with Crippen molar-refractivity contribution in [1.82, 2.24) is 9.80 Å². The van der Waals surface area contributed by atoms with Crippen LogP contribution in [-0.4, -0.2) is 71.3 Å². The van der Waals surface area contributed by atoms with Crippen molar-refractivity contribution in [3.63, 3.8) is 0 Å². The van der Waals surface area contributed by atoms with Gasteiger partial charge >= 0.3 is 12.2 Å². The number of rotatable bonds is 6. The predicted molar refractivity (Wildman–Crippen MR) is 128 cm³/mol. The highest BCUT2D eigenvalue weighted by Gasteiger charge is 2.47. The minimum absolute atomic E-state index is 0.0276. The van der Waals surface area contributed by atoms with Crippen LogP contribution in [-0.2, 0) is 9.53 Å². The Kier molecular flexibility index (Phi) is 6.71. The third-order valence-electron chi connectivity index (χ3n) is 6.52. The predicted octanol–water partition coefficient (Wildman–Crippen LogP) is 3.68. The molecule has 2 amide bonds. The zero-order valence-corrected chi connectivity index (χ0v) is 20.4. The molecule has 0 saturated heterocycles. The molecule has 1 aliphatic heterocycles. The largest absolute Gasteiger partial charge is 0.489 e. The van der Waals surface area contributed by atoms with Gasteiger partial charge in [0.05, 0.1) is 0 Å². The van der Waals surface area contributed by atoms with E-state index in [2.05, 4.69) is 0 Å². The molecule has 0 spiro atoms. The Hall–Kier alpha value is -3.59. The standard InChI is InChI=1S/C26H30N2O7/c1-5-27(6-2)24(30)34-17-9-10-18-21(12-17)33-15-26(32)14-16-11-20(29)22(13-19(16)23(18)26)35-25(31)28(7-3)8-4/h9-13,32H,5-8,14-15H2,1-4H3. The highest BCUT2D eigenvalue weighted by molar-refractivity contribution is 6.08. The van der Waals surface area contributed by atoms with Gasteiger partial charge in [-0.15, -0.1) is 0 Å². The average Bonchev–Trinajstić information content (AvgIpc) is 3.12. The molecular formula is C26H30N2O7. The Morgan fingerprint density at radius 3 is 2.26 bits per heavy atom. The first-order valence-electron chi connectivity index (χ1n) is 11.9. The fourth-order valence-corrected chi connectivity index (χ4v) is 4.61. The van der Waals surface area contributed by atoms with E-state index >= 15 is 0 Å². The zero-order chi connectivity index (χ0) is 25.3. The first-order chi connectivity index (χ1) is 16.7. The van der Waals surface area contributed by atoms with Crippen LogP contribution in [0.2, 0.25) is 0 Å². The number of carbonyl (C=O) groups excluding carboxylic acids is 3. The lowest BCUT2D eigenvalue weighted by Crippen LogP contribution is -2.38. The van der Waals surface area contributed by atoms with Crippen molar-refractivity contribution in [2.24, 2.45) is 0 Å². The lowest BCUT2D eigenvalue weighted by Gasteiger charge is -2.33. The van der Waals surface area contributed by atoms with E-state index in [9.17, 15) is 19.5 Å². The van der Waals surface area contributed by atoms with E-state index in [4.69, 9.17) is 14.2 Å². The highest BCUT2D eigenvalue weighted by Crippen LogP contribution is 2.52. The van der Waals surface area contributed by atoms with Crippen LogP contribution in [0.25, 0.3) is 5.57 Å². The molecule has 0 saturated carbocycles. The summed E-state index contributed by atoms with van der Waals surface area (Å²) in [5.41, 5.74) is 1.17. The monoisotopic (exact) mass is 482 g/mol. The van der Waals surface area contributed by atoms with Gasteiger partial charge < -0.3 is 29.1 Å². The smallest absolute Gasteiger partial charge is 0.415 e. The van der Waals surface area contributed by atoms with Gasteiger partial charge in [-0.25, -0.2) is 9.59 Å². The quantitative estimate of drug-likeness (QED) is 0.659. The first-order valence-corrected chi connectivity index (χ1v) is 11.9. The summed E-state index contributed by atoms with van der Waals surface area (Å²) >= 11 is 0. The zero-order valence-electron chi connectivity index (χ0n) is 20.4. The van der Waals surface area contributed by atoms with Crippen molar-refractivity contribution in [3.8, 4) is 11.5 Å². The third-order valence-corrected chi connectivity index (χ3v) is 6.52. The highest BCUT2D eigenvalue weighted by atomic mass is 16.6. The van der Waals surface area contributed by atoms with Crippen LogP contribution < -0.4 is 9.47 Å². The molecule has 9 nitrogen and oxygen atoms in total. The number of allylic oxidation sites excluding steroid dienone is 3. The molecule has 35 heavy (non-hydrogen) atoms. The van der Waals surface area contributed by atoms with Crippen molar-refractivity contribution in [3.05, 3.63) is 52.8 Å². The molecule has 0 aromatic heterocycles. The summed E-state index contributed by atoms with van der Waals surface area (Å²) in [7, 11) is 0. The number of nitrogens with zero attached hydrogens (tertiary/aromatic N) is 2. The van der Waals surface area contributed by atoms with Crippen molar-refractivity contribution in [2.75, 3.05) is 32.8 Å². The SMILES string of the molecule is CCN(CC)C(=O)OC1=CC2=C3c4ccc(OC(=O)N(CC)CC)cc4OCC3(O)CC2=CC1=O. The molecule has 4 rings (SSSR count). The fraction of sp³-hybridized carbons (Fsp3) is 0.423. The molecule has 0 radical (unpaired) electrons. The molecule has 1 atom stereocenters. The van der Waals surface area contributed by atoms with E-state index in [-0.39, 0.29) is 18.8 Å². The Bertz CT molecular complexity index is 1160. The maximum absolute atomic E-state index is 12.7. The maximum atomic E-state index is 12.7. The second-order valence-corrected chi connectivity index (χ2v) is 8.57. The molecular weight excluding hydrogens is 452 g/mol. The second kappa shape index (κ2) is 9.58. The van der Waals surface area contributed by atoms with E-state index in [0.717, 1.165) is 0 Å². The molecule has 1 aromatic carbocycles. The van der Waals surface area contributed by atoms with Crippen LogP contribution in [0.5, 0.6) is 11.5 Å². The van der Waals surface area contributed by atoms with Crippen LogP contribution in [0.15, 0.2) is 47.3 Å². The minimum atomic E-state index is -1.33. The molecule has 1 heterocycles. The van der Waals surface area contributed by atoms with E-state index in [1.165, 1.54) is 17.1 Å². The van der Waals surface area contributed by atoms with Crippen molar-refractivity contribution < 1.29 is 33.7 Å². The van der Waals surface area contributed by atoms with Crippen LogP contribution in [0.3, 0.4) is 0 Å². The molecule has 0 bridgehead atoms. The first kappa shape index (κ1) is 24.5. The summed E-state index contributed by atoms with van der Waals surface area (Å²) in [6, 6.07) is 4.98. The van der Waals surface area contributed by atoms with Crippen LogP contribution in [0, 0.1) is 0 Å². The van der Waals surface area contributed by atoms with E-state index in [0.29, 0.717) is 60.0 Å². The molecule has 1 aromatic rings. The number of fused-ring (bicyclic) bond motifs is 4. The van der Waals surface area contributed by atoms with Crippen LogP contribution in [0.4, 0.5) is 9.59 Å². The molecule has 3 aliphatic rings. The number of hydrogen-bond acceptors (Lipinski definition) is 7. The van der Waals surface area contributed by atoms with Gasteiger partial charge in [0.1, 0.15) is 23.7 Å². The Labute approximate surface area is 204 Å². The van der Waals surface area contributed by atoms with Gasteiger partial charge in [-0.1, -0.05) is 0 Å². The van der Waals surface area contributed by atoms with E-state index < -0.39 is 23.6 Å². The van der Waals surface area contributed by atoms with Gasteiger partial charge in [-0.3, -0.25) is 4.79 Å². The summed E-state index contributed by atoms with van der Waals surface area (Å²) in [5.74, 6) is 0.269. The average molecular weight is 483 g/mol. The topological polar surface area (TPSA) is 106 Å². The Morgan fingerprint density at radius 2 is 1.63 bits per heavy atom. The summed E-state index contributed by atoms with van der Waals surface area (Å²) in [4.78, 5) is 40.4. The van der Waals surface area contributed by atoms with Crippen LogP contribution >= 0.6 is 0 Å². The molecule has 2 aliphatic carbocycles. The molecule has 0 fully saturated rings. The normalized spacial score (nSPS) is 20.1. The van der Waals surface area contributed by atoms with Gasteiger partial charge in [0.15, 0.2) is 5.76 Å². The van der Waals surface area contributed by atoms with Crippen molar-refractivity contribution in [2.45, 2.75) is 39.7 Å². The molecule has 186 valence electrons. The van der Waals surface area contributed by atoms with Gasteiger partial charge in [-0.2, -0.15) is 0 Å². The van der Waals surface area contributed by atoms with Gasteiger partial charge in [0.2, 0.25) is 5.78 Å². The van der Waals surface area contributed by atoms with Crippen molar-refractivity contribution in [1.29, 1.82) is 0 Å². The Morgan fingerprint density at radius 1 is 1.00 bits per heavy atom. The minimum Gasteiger partial charge on any atom is -0.489 e. The summed E-state index contributed by atoms with van der Waals surface area (Å²) in [6.07, 6.45) is 2.08. The lowest BCUT2D eigenvalue weighted by molar-refractivity contribution is -0.114.